The lowest BCUT2D eigenvalue weighted by atomic mass is 10.0. The molecule has 4 heteroatoms. The summed E-state index contributed by atoms with van der Waals surface area (Å²) in [5.74, 6) is 5.63. The van der Waals surface area contributed by atoms with Gasteiger partial charge in [0.05, 0.1) is 5.92 Å². The van der Waals surface area contributed by atoms with Crippen molar-refractivity contribution in [2.75, 3.05) is 11.4 Å². The van der Waals surface area contributed by atoms with Gasteiger partial charge in [-0.15, -0.1) is 0 Å². The van der Waals surface area contributed by atoms with Crippen LogP contribution >= 0.6 is 0 Å². The Hall–Kier alpha value is -2.64. The molecule has 116 valence electrons. The number of aromatic nitrogens is 1. The molecule has 0 bridgehead atoms. The first kappa shape index (κ1) is 15.3. The fourth-order valence-corrected chi connectivity index (χ4v) is 2.61. The van der Waals surface area contributed by atoms with Crippen molar-refractivity contribution in [3.8, 4) is 11.8 Å². The number of rotatable bonds is 2. The zero-order valence-electron chi connectivity index (χ0n) is 12.9. The highest BCUT2D eigenvalue weighted by Crippen LogP contribution is 2.26. The lowest BCUT2D eigenvalue weighted by Gasteiger charge is -2.21. The molecular formula is C19H18N2O2. The van der Waals surface area contributed by atoms with E-state index >= 15 is 0 Å². The number of aliphatic hydroxyl groups is 1. The average molecular weight is 306 g/mol. The van der Waals surface area contributed by atoms with Crippen molar-refractivity contribution in [2.24, 2.45) is 5.92 Å². The predicted molar refractivity (Wildman–Crippen MR) is 88.8 cm³/mol. The highest BCUT2D eigenvalue weighted by molar-refractivity contribution is 5.96. The van der Waals surface area contributed by atoms with Gasteiger partial charge >= 0.3 is 0 Å². The lowest BCUT2D eigenvalue weighted by molar-refractivity contribution is -0.124. The summed E-state index contributed by atoms with van der Waals surface area (Å²) in [5, 5.41) is 10.2. The summed E-state index contributed by atoms with van der Waals surface area (Å²) in [6.45, 7) is 2.31. The maximum Gasteiger partial charge on any atom is 0.234 e. The van der Waals surface area contributed by atoms with E-state index in [1.807, 2.05) is 42.5 Å². The molecule has 1 aliphatic rings. The van der Waals surface area contributed by atoms with Gasteiger partial charge in [0, 0.05) is 18.3 Å². The summed E-state index contributed by atoms with van der Waals surface area (Å²) in [7, 11) is 0. The molecule has 0 aliphatic carbocycles. The predicted octanol–water partition coefficient (Wildman–Crippen LogP) is 2.02. The van der Waals surface area contributed by atoms with Gasteiger partial charge in [0.1, 0.15) is 11.9 Å². The Kier molecular flexibility index (Phi) is 4.40. The van der Waals surface area contributed by atoms with Crippen LogP contribution in [-0.2, 0) is 11.2 Å². The standard InChI is InChI=1S/C19H18N2O2/c1-14(17(22)10-9-15-6-3-2-4-7-15)19(23)21-13-11-16-8-5-12-20-18(16)21/h2-8,12,14,17,22H,11,13H2,1H3/t14-,17-/m1/s1. The van der Waals surface area contributed by atoms with Crippen LogP contribution in [0, 0.1) is 17.8 Å². The van der Waals surface area contributed by atoms with Crippen molar-refractivity contribution in [1.29, 1.82) is 0 Å². The maximum atomic E-state index is 12.6. The fraction of sp³-hybridized carbons (Fsp3) is 0.263. The number of carbonyl (C=O) groups excluding carboxylic acids is 1. The lowest BCUT2D eigenvalue weighted by Crippen LogP contribution is -2.38. The van der Waals surface area contributed by atoms with Crippen molar-refractivity contribution in [1.82, 2.24) is 4.98 Å². The number of hydrogen-bond donors (Lipinski definition) is 1. The van der Waals surface area contributed by atoms with Crippen LogP contribution in [0.2, 0.25) is 0 Å². The molecule has 1 aromatic carbocycles. The Balaban J connectivity index is 1.72. The molecule has 3 rings (SSSR count). The maximum absolute atomic E-state index is 12.6. The Labute approximate surface area is 135 Å². The molecule has 0 unspecified atom stereocenters. The highest BCUT2D eigenvalue weighted by atomic mass is 16.3. The van der Waals surface area contributed by atoms with E-state index in [-0.39, 0.29) is 5.91 Å². The average Bonchev–Trinajstić information content (AvgIpc) is 3.03. The van der Waals surface area contributed by atoms with Gasteiger partial charge in [-0.25, -0.2) is 4.98 Å². The number of anilines is 1. The number of aliphatic hydroxyl groups excluding tert-OH is 1. The van der Waals surface area contributed by atoms with Crippen molar-refractivity contribution < 1.29 is 9.90 Å². The van der Waals surface area contributed by atoms with E-state index in [1.54, 1.807) is 18.0 Å². The van der Waals surface area contributed by atoms with Crippen molar-refractivity contribution in [3.63, 3.8) is 0 Å². The van der Waals surface area contributed by atoms with Crippen LogP contribution in [0.15, 0.2) is 48.7 Å². The molecule has 2 aromatic rings. The molecular weight excluding hydrogens is 288 g/mol. The summed E-state index contributed by atoms with van der Waals surface area (Å²) in [6, 6.07) is 13.3. The molecule has 4 nitrogen and oxygen atoms in total. The molecule has 0 fully saturated rings. The molecule has 1 aromatic heterocycles. The van der Waals surface area contributed by atoms with Crippen LogP contribution in [0.5, 0.6) is 0 Å². The van der Waals surface area contributed by atoms with Gasteiger partial charge in [-0.1, -0.05) is 43.0 Å². The minimum absolute atomic E-state index is 0.141. The highest BCUT2D eigenvalue weighted by Gasteiger charge is 2.31. The van der Waals surface area contributed by atoms with Crippen LogP contribution in [-0.4, -0.2) is 28.6 Å². The van der Waals surface area contributed by atoms with Gasteiger partial charge in [-0.05, 0) is 30.2 Å². The topological polar surface area (TPSA) is 53.4 Å². The minimum Gasteiger partial charge on any atom is -0.380 e. The van der Waals surface area contributed by atoms with Crippen LogP contribution in [0.1, 0.15) is 18.1 Å². The third kappa shape index (κ3) is 3.25. The number of fused-ring (bicyclic) bond motifs is 1. The van der Waals surface area contributed by atoms with Crippen molar-refractivity contribution in [3.05, 3.63) is 59.8 Å². The van der Waals surface area contributed by atoms with Gasteiger partial charge in [0.2, 0.25) is 5.91 Å². The molecule has 2 atom stereocenters. The molecule has 0 saturated carbocycles. The van der Waals surface area contributed by atoms with E-state index in [0.29, 0.717) is 12.4 Å². The summed E-state index contributed by atoms with van der Waals surface area (Å²) >= 11 is 0. The first-order chi connectivity index (χ1) is 11.2. The minimum atomic E-state index is -1.00. The molecule has 1 N–H and O–H groups in total. The van der Waals surface area contributed by atoms with E-state index < -0.39 is 12.0 Å². The Morgan fingerprint density at radius 3 is 2.83 bits per heavy atom. The smallest absolute Gasteiger partial charge is 0.234 e. The molecule has 0 spiro atoms. The second kappa shape index (κ2) is 6.64. The Morgan fingerprint density at radius 1 is 1.26 bits per heavy atom. The second-order valence-electron chi connectivity index (χ2n) is 5.59. The summed E-state index contributed by atoms with van der Waals surface area (Å²) in [5.41, 5.74) is 1.89. The van der Waals surface area contributed by atoms with Crippen molar-refractivity contribution >= 4 is 11.7 Å². The van der Waals surface area contributed by atoms with Gasteiger partial charge < -0.3 is 5.11 Å². The van der Waals surface area contributed by atoms with Gasteiger partial charge in [-0.3, -0.25) is 9.69 Å². The zero-order chi connectivity index (χ0) is 16.2. The van der Waals surface area contributed by atoms with Crippen LogP contribution in [0.25, 0.3) is 0 Å². The normalized spacial score (nSPS) is 15.3. The first-order valence-electron chi connectivity index (χ1n) is 7.67. The number of carbonyl (C=O) groups is 1. The van der Waals surface area contributed by atoms with Crippen molar-refractivity contribution in [2.45, 2.75) is 19.4 Å². The molecule has 1 amide bonds. The molecule has 0 saturated heterocycles. The van der Waals surface area contributed by atoms with Crippen LogP contribution < -0.4 is 4.90 Å². The summed E-state index contributed by atoms with van der Waals surface area (Å²) in [6.07, 6.45) is 1.48. The third-order valence-electron chi connectivity index (χ3n) is 4.00. The Morgan fingerprint density at radius 2 is 2.04 bits per heavy atom. The van der Waals surface area contributed by atoms with Gasteiger partial charge in [-0.2, -0.15) is 0 Å². The third-order valence-corrected chi connectivity index (χ3v) is 4.00. The number of hydrogen-bond acceptors (Lipinski definition) is 3. The number of pyridine rings is 1. The quantitative estimate of drug-likeness (QED) is 0.864. The molecule has 0 radical (unpaired) electrons. The van der Waals surface area contributed by atoms with E-state index in [2.05, 4.69) is 16.8 Å². The number of nitrogens with zero attached hydrogens (tertiary/aromatic N) is 2. The number of amides is 1. The first-order valence-corrected chi connectivity index (χ1v) is 7.67. The van der Waals surface area contributed by atoms with E-state index in [9.17, 15) is 9.90 Å². The molecule has 2 heterocycles. The van der Waals surface area contributed by atoms with E-state index in [4.69, 9.17) is 0 Å². The zero-order valence-corrected chi connectivity index (χ0v) is 12.9. The second-order valence-corrected chi connectivity index (χ2v) is 5.59. The largest absolute Gasteiger partial charge is 0.380 e. The SMILES string of the molecule is C[C@@H](C(=O)N1CCc2cccnc21)[C@H](O)C#Cc1ccccc1. The van der Waals surface area contributed by atoms with E-state index in [0.717, 1.165) is 17.5 Å². The summed E-state index contributed by atoms with van der Waals surface area (Å²) < 4.78 is 0. The number of benzene rings is 1. The summed E-state index contributed by atoms with van der Waals surface area (Å²) in [4.78, 5) is 18.5. The van der Waals surface area contributed by atoms with Crippen LogP contribution in [0.4, 0.5) is 5.82 Å². The molecule has 1 aliphatic heterocycles. The monoisotopic (exact) mass is 306 g/mol. The fourth-order valence-electron chi connectivity index (χ4n) is 2.61. The van der Waals surface area contributed by atoms with E-state index in [1.165, 1.54) is 0 Å². The van der Waals surface area contributed by atoms with Crippen LogP contribution in [0.3, 0.4) is 0 Å². The Bertz CT molecular complexity index is 762. The van der Waals surface area contributed by atoms with Gasteiger partial charge in [0.15, 0.2) is 0 Å². The molecule has 23 heavy (non-hydrogen) atoms. The van der Waals surface area contributed by atoms with Gasteiger partial charge in [0.25, 0.3) is 0 Å².